The molecular weight excluding hydrogens is 452 g/mol. The predicted molar refractivity (Wildman–Crippen MR) is 120 cm³/mol. The van der Waals surface area contributed by atoms with Crippen molar-refractivity contribution in [2.24, 2.45) is 0 Å². The molecule has 150 valence electrons. The number of allylic oxidation sites excluding steroid dienone is 1. The molecule has 0 fully saturated rings. The summed E-state index contributed by atoms with van der Waals surface area (Å²) in [5, 5.41) is 12.2. The number of thioether (sulfide) groups is 1. The SMILES string of the molecule is C=CCn1c(SCC(=O)Nc2ccc(Br)cc2C)nnc1-c1cccc(OC)c1. The number of methoxy groups -OCH3 is 1. The number of carbonyl (C=O) groups is 1. The number of hydrogen-bond donors (Lipinski definition) is 1. The van der Waals surface area contributed by atoms with E-state index in [4.69, 9.17) is 4.74 Å². The van der Waals surface area contributed by atoms with Gasteiger partial charge in [0.25, 0.3) is 0 Å². The van der Waals surface area contributed by atoms with Gasteiger partial charge in [-0.1, -0.05) is 45.9 Å². The van der Waals surface area contributed by atoms with Crippen LogP contribution in [0.5, 0.6) is 5.75 Å². The van der Waals surface area contributed by atoms with Gasteiger partial charge in [-0.05, 0) is 42.8 Å². The summed E-state index contributed by atoms with van der Waals surface area (Å²) in [4.78, 5) is 12.4. The molecule has 0 atom stereocenters. The zero-order chi connectivity index (χ0) is 20.8. The number of aryl methyl sites for hydroxylation is 1. The first-order valence-corrected chi connectivity index (χ1v) is 10.7. The van der Waals surface area contributed by atoms with Gasteiger partial charge in [0.2, 0.25) is 5.91 Å². The molecule has 0 aliphatic rings. The number of amides is 1. The Kier molecular flexibility index (Phi) is 7.11. The number of hydrogen-bond acceptors (Lipinski definition) is 5. The topological polar surface area (TPSA) is 69.0 Å². The molecule has 0 aliphatic carbocycles. The van der Waals surface area contributed by atoms with Gasteiger partial charge in [-0.3, -0.25) is 9.36 Å². The van der Waals surface area contributed by atoms with Crippen molar-refractivity contribution in [2.45, 2.75) is 18.6 Å². The minimum absolute atomic E-state index is 0.100. The lowest BCUT2D eigenvalue weighted by Crippen LogP contribution is -2.15. The smallest absolute Gasteiger partial charge is 0.234 e. The average molecular weight is 473 g/mol. The van der Waals surface area contributed by atoms with Crippen molar-refractivity contribution < 1.29 is 9.53 Å². The molecule has 0 saturated heterocycles. The molecule has 0 saturated carbocycles. The third kappa shape index (κ3) is 5.27. The highest BCUT2D eigenvalue weighted by molar-refractivity contribution is 9.10. The summed E-state index contributed by atoms with van der Waals surface area (Å²) in [5.41, 5.74) is 2.68. The van der Waals surface area contributed by atoms with Crippen LogP contribution < -0.4 is 10.1 Å². The fourth-order valence-corrected chi connectivity index (χ4v) is 3.97. The Hall–Kier alpha value is -2.58. The van der Waals surface area contributed by atoms with Gasteiger partial charge in [-0.25, -0.2) is 0 Å². The van der Waals surface area contributed by atoms with Gasteiger partial charge in [0.05, 0.1) is 12.9 Å². The summed E-state index contributed by atoms with van der Waals surface area (Å²) in [6.07, 6.45) is 1.78. The molecule has 0 radical (unpaired) electrons. The number of halogens is 1. The molecule has 6 nitrogen and oxygen atoms in total. The minimum atomic E-state index is -0.100. The number of carbonyl (C=O) groups excluding carboxylic acids is 1. The maximum Gasteiger partial charge on any atom is 0.234 e. The zero-order valence-electron chi connectivity index (χ0n) is 16.2. The summed E-state index contributed by atoms with van der Waals surface area (Å²) in [5.74, 6) is 1.57. The van der Waals surface area contributed by atoms with Crippen molar-refractivity contribution in [3.8, 4) is 17.1 Å². The Bertz CT molecular complexity index is 1040. The lowest BCUT2D eigenvalue weighted by Gasteiger charge is -2.10. The van der Waals surface area contributed by atoms with Crippen LogP contribution in [0.15, 0.2) is 64.7 Å². The molecule has 1 heterocycles. The van der Waals surface area contributed by atoms with Gasteiger partial charge in [-0.15, -0.1) is 16.8 Å². The van der Waals surface area contributed by atoms with Gasteiger partial charge in [0, 0.05) is 22.3 Å². The van der Waals surface area contributed by atoms with Crippen molar-refractivity contribution in [3.63, 3.8) is 0 Å². The average Bonchev–Trinajstić information content (AvgIpc) is 3.11. The van der Waals surface area contributed by atoms with Crippen LogP contribution >= 0.6 is 27.7 Å². The van der Waals surface area contributed by atoms with Crippen molar-refractivity contribution >= 4 is 39.3 Å². The highest BCUT2D eigenvalue weighted by Crippen LogP contribution is 2.27. The lowest BCUT2D eigenvalue weighted by atomic mass is 10.2. The van der Waals surface area contributed by atoms with Crippen LogP contribution in [0, 0.1) is 6.92 Å². The number of rotatable bonds is 8. The highest BCUT2D eigenvalue weighted by atomic mass is 79.9. The van der Waals surface area contributed by atoms with Crippen LogP contribution in [0.1, 0.15) is 5.56 Å². The molecule has 0 aliphatic heterocycles. The van der Waals surface area contributed by atoms with Crippen LogP contribution in [-0.4, -0.2) is 33.5 Å². The Morgan fingerprint density at radius 2 is 2.14 bits per heavy atom. The Morgan fingerprint density at radius 1 is 1.31 bits per heavy atom. The molecule has 1 N–H and O–H groups in total. The number of aromatic nitrogens is 3. The summed E-state index contributed by atoms with van der Waals surface area (Å²) >= 11 is 4.76. The van der Waals surface area contributed by atoms with E-state index in [2.05, 4.69) is 38.0 Å². The fourth-order valence-electron chi connectivity index (χ4n) is 2.75. The largest absolute Gasteiger partial charge is 0.497 e. The molecular formula is C21H21BrN4O2S. The van der Waals surface area contributed by atoms with Crippen LogP contribution in [0.3, 0.4) is 0 Å². The van der Waals surface area contributed by atoms with Crippen molar-refractivity contribution in [1.29, 1.82) is 0 Å². The third-order valence-electron chi connectivity index (χ3n) is 4.15. The number of ether oxygens (including phenoxy) is 1. The maximum atomic E-state index is 12.4. The molecule has 0 spiro atoms. The Balaban J connectivity index is 1.74. The second-order valence-electron chi connectivity index (χ2n) is 6.23. The molecule has 0 unspecified atom stereocenters. The van der Waals surface area contributed by atoms with E-state index in [0.29, 0.717) is 17.5 Å². The van der Waals surface area contributed by atoms with E-state index < -0.39 is 0 Å². The zero-order valence-corrected chi connectivity index (χ0v) is 18.6. The number of anilines is 1. The predicted octanol–water partition coefficient (Wildman–Crippen LogP) is 4.94. The molecule has 0 bridgehead atoms. The molecule has 3 rings (SSSR count). The normalized spacial score (nSPS) is 10.6. The fraction of sp³-hybridized carbons (Fsp3) is 0.190. The maximum absolute atomic E-state index is 12.4. The molecule has 3 aromatic rings. The van der Waals surface area contributed by atoms with Crippen molar-refractivity contribution in [3.05, 3.63) is 65.2 Å². The van der Waals surface area contributed by atoms with E-state index in [1.807, 2.05) is 54.0 Å². The van der Waals surface area contributed by atoms with Crippen LogP contribution in [0.2, 0.25) is 0 Å². The van der Waals surface area contributed by atoms with Gasteiger partial charge < -0.3 is 10.1 Å². The van der Waals surface area contributed by atoms with E-state index in [9.17, 15) is 4.79 Å². The summed E-state index contributed by atoms with van der Waals surface area (Å²) in [6, 6.07) is 13.4. The molecule has 1 aromatic heterocycles. The van der Waals surface area contributed by atoms with Crippen molar-refractivity contribution in [2.75, 3.05) is 18.2 Å². The monoisotopic (exact) mass is 472 g/mol. The Labute approximate surface area is 182 Å². The summed E-state index contributed by atoms with van der Waals surface area (Å²) in [7, 11) is 1.63. The molecule has 2 aromatic carbocycles. The molecule has 8 heteroatoms. The Morgan fingerprint density at radius 3 is 2.86 bits per heavy atom. The van der Waals surface area contributed by atoms with Crippen molar-refractivity contribution in [1.82, 2.24) is 14.8 Å². The van der Waals surface area contributed by atoms with E-state index in [1.54, 1.807) is 13.2 Å². The number of benzene rings is 2. The highest BCUT2D eigenvalue weighted by Gasteiger charge is 2.16. The summed E-state index contributed by atoms with van der Waals surface area (Å²) in [6.45, 7) is 6.31. The first-order chi connectivity index (χ1) is 14.0. The lowest BCUT2D eigenvalue weighted by molar-refractivity contribution is -0.113. The standard InChI is InChI=1S/C21H21BrN4O2S/c1-4-10-26-20(15-6-5-7-17(12-15)28-3)24-25-21(26)29-13-19(27)23-18-9-8-16(22)11-14(18)2/h4-9,11-12H,1,10,13H2,2-3H3,(H,23,27). The van der Waals surface area contributed by atoms with Crippen LogP contribution in [0.25, 0.3) is 11.4 Å². The van der Waals surface area contributed by atoms with E-state index in [1.165, 1.54) is 11.8 Å². The van der Waals surface area contributed by atoms with Gasteiger partial charge in [0.15, 0.2) is 11.0 Å². The minimum Gasteiger partial charge on any atom is -0.497 e. The quantitative estimate of drug-likeness (QED) is 0.371. The molecule has 29 heavy (non-hydrogen) atoms. The second kappa shape index (κ2) is 9.76. The number of nitrogens with zero attached hydrogens (tertiary/aromatic N) is 3. The van der Waals surface area contributed by atoms with Crippen LogP contribution in [0.4, 0.5) is 5.69 Å². The van der Waals surface area contributed by atoms with Gasteiger partial charge in [-0.2, -0.15) is 0 Å². The third-order valence-corrected chi connectivity index (χ3v) is 5.61. The molecule has 1 amide bonds. The number of nitrogens with one attached hydrogen (secondary N) is 1. The van der Waals surface area contributed by atoms with E-state index in [0.717, 1.165) is 27.0 Å². The van der Waals surface area contributed by atoms with E-state index >= 15 is 0 Å². The second-order valence-corrected chi connectivity index (χ2v) is 8.09. The van der Waals surface area contributed by atoms with Gasteiger partial charge >= 0.3 is 0 Å². The first-order valence-electron chi connectivity index (χ1n) is 8.89. The van der Waals surface area contributed by atoms with Crippen LogP contribution in [-0.2, 0) is 11.3 Å². The summed E-state index contributed by atoms with van der Waals surface area (Å²) < 4.78 is 8.21. The van der Waals surface area contributed by atoms with Gasteiger partial charge in [0.1, 0.15) is 5.75 Å². The van der Waals surface area contributed by atoms with E-state index in [-0.39, 0.29) is 11.7 Å². The first kappa shape index (κ1) is 21.1.